The van der Waals surface area contributed by atoms with Crippen molar-refractivity contribution in [3.05, 3.63) is 0 Å². The highest BCUT2D eigenvalue weighted by molar-refractivity contribution is 5.81. The van der Waals surface area contributed by atoms with Crippen LogP contribution in [-0.2, 0) is 4.79 Å². The molecule has 0 aromatic carbocycles. The zero-order valence-corrected chi connectivity index (χ0v) is 8.39. The molecule has 0 aromatic rings. The predicted octanol–water partition coefficient (Wildman–Crippen LogP) is 0.643. The first-order valence-corrected chi connectivity index (χ1v) is 4.65. The van der Waals surface area contributed by atoms with Crippen molar-refractivity contribution in [2.24, 2.45) is 5.73 Å². The van der Waals surface area contributed by atoms with Crippen LogP contribution in [0.5, 0.6) is 0 Å². The molecule has 0 aliphatic carbocycles. The van der Waals surface area contributed by atoms with Crippen molar-refractivity contribution < 1.29 is 4.79 Å². The Morgan fingerprint density at radius 1 is 1.62 bits per heavy atom. The van der Waals surface area contributed by atoms with Gasteiger partial charge >= 0.3 is 0 Å². The Balaban J connectivity index is 3.60. The first kappa shape index (κ1) is 12.0. The number of hydrogen-bond donors (Lipinski definition) is 2. The van der Waals surface area contributed by atoms with Gasteiger partial charge in [-0.25, -0.2) is 0 Å². The zero-order valence-electron chi connectivity index (χ0n) is 8.39. The fraction of sp³-hybridized carbons (Fsp3) is 0.700. The van der Waals surface area contributed by atoms with E-state index in [1.54, 1.807) is 6.92 Å². The van der Waals surface area contributed by atoms with E-state index in [1.165, 1.54) is 0 Å². The minimum Gasteiger partial charge on any atom is -0.344 e. The summed E-state index contributed by atoms with van der Waals surface area (Å²) < 4.78 is 0. The molecule has 0 rings (SSSR count). The first-order valence-electron chi connectivity index (χ1n) is 4.65. The predicted molar refractivity (Wildman–Crippen MR) is 54.0 cm³/mol. The average Bonchev–Trinajstić information content (AvgIpc) is 2.14. The average molecular weight is 182 g/mol. The van der Waals surface area contributed by atoms with Gasteiger partial charge in [0.25, 0.3) is 0 Å². The number of amides is 1. The van der Waals surface area contributed by atoms with E-state index >= 15 is 0 Å². The van der Waals surface area contributed by atoms with Crippen LogP contribution in [0.15, 0.2) is 0 Å². The summed E-state index contributed by atoms with van der Waals surface area (Å²) in [6.07, 6.45) is 2.81. The Bertz CT molecular complexity index is 203. The largest absolute Gasteiger partial charge is 0.344 e. The number of nitrogens with one attached hydrogen (secondary N) is 1. The highest BCUT2D eigenvalue weighted by atomic mass is 16.2. The van der Waals surface area contributed by atoms with E-state index in [2.05, 4.69) is 24.1 Å². The van der Waals surface area contributed by atoms with E-state index < -0.39 is 0 Å². The molecule has 0 fully saturated rings. The Hall–Kier alpha value is -1.01. The third-order valence-corrected chi connectivity index (χ3v) is 1.73. The Morgan fingerprint density at radius 2 is 2.31 bits per heavy atom. The third kappa shape index (κ3) is 6.18. The van der Waals surface area contributed by atoms with Crippen molar-refractivity contribution >= 4 is 5.91 Å². The second-order valence-corrected chi connectivity index (χ2v) is 2.89. The topological polar surface area (TPSA) is 55.1 Å². The van der Waals surface area contributed by atoms with Crippen LogP contribution in [0.3, 0.4) is 0 Å². The molecule has 0 radical (unpaired) electrons. The molecular weight excluding hydrogens is 164 g/mol. The maximum absolute atomic E-state index is 11.2. The van der Waals surface area contributed by atoms with Crippen LogP contribution in [0.4, 0.5) is 0 Å². The zero-order chi connectivity index (χ0) is 10.1. The van der Waals surface area contributed by atoms with Gasteiger partial charge in [-0.3, -0.25) is 4.79 Å². The van der Waals surface area contributed by atoms with Gasteiger partial charge in [0.15, 0.2) is 0 Å². The van der Waals surface area contributed by atoms with E-state index in [0.29, 0.717) is 6.54 Å². The summed E-state index contributed by atoms with van der Waals surface area (Å²) in [6.45, 7) is 4.21. The number of nitrogens with two attached hydrogens (primary N) is 1. The van der Waals surface area contributed by atoms with E-state index in [1.807, 2.05) is 0 Å². The smallest absolute Gasteiger partial charge is 0.237 e. The van der Waals surface area contributed by atoms with Crippen molar-refractivity contribution in [3.8, 4) is 11.8 Å². The normalized spacial score (nSPS) is 11.3. The van der Waals surface area contributed by atoms with Gasteiger partial charge in [0.1, 0.15) is 0 Å². The van der Waals surface area contributed by atoms with Crippen LogP contribution in [0.1, 0.15) is 33.1 Å². The van der Waals surface area contributed by atoms with Gasteiger partial charge < -0.3 is 11.1 Å². The molecule has 0 aliphatic heterocycles. The molecule has 74 valence electrons. The molecule has 0 spiro atoms. The van der Waals surface area contributed by atoms with E-state index in [4.69, 9.17) is 5.73 Å². The molecule has 0 unspecified atom stereocenters. The van der Waals surface area contributed by atoms with Crippen molar-refractivity contribution in [1.82, 2.24) is 5.32 Å². The fourth-order valence-electron chi connectivity index (χ4n) is 0.906. The van der Waals surface area contributed by atoms with Crippen LogP contribution in [0.25, 0.3) is 0 Å². The van der Waals surface area contributed by atoms with Gasteiger partial charge in [0.05, 0.1) is 12.6 Å². The molecule has 0 bridgehead atoms. The lowest BCUT2D eigenvalue weighted by Crippen LogP contribution is -2.40. The van der Waals surface area contributed by atoms with E-state index in [0.717, 1.165) is 19.3 Å². The van der Waals surface area contributed by atoms with Crippen LogP contribution in [0.2, 0.25) is 0 Å². The highest BCUT2D eigenvalue weighted by Gasteiger charge is 2.10. The lowest BCUT2D eigenvalue weighted by molar-refractivity contribution is -0.122. The van der Waals surface area contributed by atoms with Crippen molar-refractivity contribution in [2.45, 2.75) is 39.2 Å². The first-order chi connectivity index (χ1) is 6.22. The molecule has 13 heavy (non-hydrogen) atoms. The summed E-state index contributed by atoms with van der Waals surface area (Å²) in [5, 5.41) is 2.65. The second kappa shape index (κ2) is 7.63. The molecule has 1 atom stereocenters. The van der Waals surface area contributed by atoms with E-state index in [9.17, 15) is 4.79 Å². The van der Waals surface area contributed by atoms with Crippen molar-refractivity contribution in [2.75, 3.05) is 6.54 Å². The van der Waals surface area contributed by atoms with Crippen molar-refractivity contribution in [3.63, 3.8) is 0 Å². The number of rotatable bonds is 5. The third-order valence-electron chi connectivity index (χ3n) is 1.73. The summed E-state index contributed by atoms with van der Waals surface area (Å²) in [7, 11) is 0. The molecule has 0 aromatic heterocycles. The summed E-state index contributed by atoms with van der Waals surface area (Å²) in [5.74, 6) is 5.35. The number of carbonyl (C=O) groups excluding carboxylic acids is 1. The van der Waals surface area contributed by atoms with Crippen molar-refractivity contribution in [1.29, 1.82) is 0 Å². The molecule has 0 saturated carbocycles. The highest BCUT2D eigenvalue weighted by Crippen LogP contribution is 1.97. The van der Waals surface area contributed by atoms with Gasteiger partial charge in [0.2, 0.25) is 5.91 Å². The summed E-state index contributed by atoms with van der Waals surface area (Å²) in [4.78, 5) is 11.2. The van der Waals surface area contributed by atoms with Gasteiger partial charge in [0, 0.05) is 0 Å². The van der Waals surface area contributed by atoms with Gasteiger partial charge in [-0.1, -0.05) is 25.7 Å². The molecule has 0 heterocycles. The lowest BCUT2D eigenvalue weighted by Gasteiger charge is -2.09. The minimum absolute atomic E-state index is 0.101. The van der Waals surface area contributed by atoms with Crippen LogP contribution < -0.4 is 11.1 Å². The van der Waals surface area contributed by atoms with Gasteiger partial charge in [-0.2, -0.15) is 0 Å². The maximum atomic E-state index is 11.2. The van der Waals surface area contributed by atoms with Gasteiger partial charge in [-0.05, 0) is 13.3 Å². The standard InChI is InChI=1S/C10H18N2O/c1-3-5-7-9(11)10(13)12-8-6-4-2/h9H,3,5,7-8,11H2,1-2H3,(H,12,13)/t9-/m0/s1. The van der Waals surface area contributed by atoms with Crippen LogP contribution >= 0.6 is 0 Å². The molecule has 3 heteroatoms. The Morgan fingerprint density at radius 3 is 2.85 bits per heavy atom. The molecule has 3 N–H and O–H groups in total. The maximum Gasteiger partial charge on any atom is 0.237 e. The monoisotopic (exact) mass is 182 g/mol. The number of carbonyl (C=O) groups is 1. The molecule has 0 saturated heterocycles. The SMILES string of the molecule is CC#CCNC(=O)[C@@H](N)CCCC. The quantitative estimate of drug-likeness (QED) is 0.613. The van der Waals surface area contributed by atoms with E-state index in [-0.39, 0.29) is 11.9 Å². The molecule has 1 amide bonds. The Kier molecular flexibility index (Phi) is 7.04. The molecule has 3 nitrogen and oxygen atoms in total. The van der Waals surface area contributed by atoms with Gasteiger partial charge in [-0.15, -0.1) is 5.92 Å². The lowest BCUT2D eigenvalue weighted by atomic mass is 10.1. The molecule has 0 aliphatic rings. The fourth-order valence-corrected chi connectivity index (χ4v) is 0.906. The molecular formula is C10H18N2O. The summed E-state index contributed by atoms with van der Waals surface area (Å²) >= 11 is 0. The minimum atomic E-state index is -0.376. The second-order valence-electron chi connectivity index (χ2n) is 2.89. The number of unbranched alkanes of at least 4 members (excludes halogenated alkanes) is 1. The number of hydrogen-bond acceptors (Lipinski definition) is 2. The van der Waals surface area contributed by atoms with Crippen LogP contribution in [-0.4, -0.2) is 18.5 Å². The Labute approximate surface area is 80.1 Å². The summed E-state index contributed by atoms with van der Waals surface area (Å²) in [6, 6.07) is -0.376. The summed E-state index contributed by atoms with van der Waals surface area (Å²) in [5.41, 5.74) is 5.63. The van der Waals surface area contributed by atoms with Crippen LogP contribution in [0, 0.1) is 11.8 Å².